The number of hydrogen-bond donors (Lipinski definition) is 3. The Labute approximate surface area is 145 Å². The summed E-state index contributed by atoms with van der Waals surface area (Å²) < 4.78 is 0. The summed E-state index contributed by atoms with van der Waals surface area (Å²) in [7, 11) is 0. The van der Waals surface area contributed by atoms with Crippen LogP contribution in [0.25, 0.3) is 0 Å². The number of carbonyl (C=O) groups excluding carboxylic acids is 3. The summed E-state index contributed by atoms with van der Waals surface area (Å²) in [5.74, 6) is -0.161. The first kappa shape index (κ1) is 25.1. The van der Waals surface area contributed by atoms with E-state index in [4.69, 9.17) is 0 Å². The van der Waals surface area contributed by atoms with E-state index in [1.165, 1.54) is 13.8 Å². The molecule has 24 heavy (non-hydrogen) atoms. The van der Waals surface area contributed by atoms with Crippen molar-refractivity contribution in [2.45, 2.75) is 85.5 Å². The maximum atomic E-state index is 11.0. The fraction of sp³-hybridized carbons (Fsp3) is 0.833. The molecule has 0 saturated carbocycles. The van der Waals surface area contributed by atoms with Gasteiger partial charge < -0.3 is 15.3 Å². The van der Waals surface area contributed by atoms with Gasteiger partial charge in [-0.1, -0.05) is 27.7 Å². The minimum absolute atomic E-state index is 0.0431. The quantitative estimate of drug-likeness (QED) is 0.519. The lowest BCUT2D eigenvalue weighted by molar-refractivity contribution is -0.127. The van der Waals surface area contributed by atoms with E-state index in [1.54, 1.807) is 0 Å². The van der Waals surface area contributed by atoms with Gasteiger partial charge in [-0.2, -0.15) is 0 Å². The zero-order valence-electron chi connectivity index (χ0n) is 15.8. The third-order valence-corrected chi connectivity index (χ3v) is 3.46. The minimum Gasteiger partial charge on any atom is -0.393 e. The maximum Gasteiger partial charge on any atom is 0.142 e. The molecule has 0 spiro atoms. The molecule has 6 heteroatoms. The SMILES string of the molecule is CC(=O)CC(=O)C[C@H](O)C(C)C.CC(=O)CC(O)C[C@H](O)C(C)C. The van der Waals surface area contributed by atoms with Crippen molar-refractivity contribution in [3.8, 4) is 0 Å². The molecular weight excluding hydrogens is 312 g/mol. The zero-order chi connectivity index (χ0) is 19.4. The van der Waals surface area contributed by atoms with Crippen LogP contribution in [0.4, 0.5) is 0 Å². The molecule has 0 fully saturated rings. The Hall–Kier alpha value is -1.11. The first-order valence-corrected chi connectivity index (χ1v) is 8.41. The van der Waals surface area contributed by atoms with Gasteiger partial charge in [-0.25, -0.2) is 0 Å². The van der Waals surface area contributed by atoms with Gasteiger partial charge in [0.05, 0.1) is 24.7 Å². The monoisotopic (exact) mass is 346 g/mol. The lowest BCUT2D eigenvalue weighted by Gasteiger charge is -2.17. The fourth-order valence-electron chi connectivity index (χ4n) is 1.78. The molecule has 0 heterocycles. The lowest BCUT2D eigenvalue weighted by Crippen LogP contribution is -2.23. The molecule has 0 aromatic heterocycles. The van der Waals surface area contributed by atoms with Crippen LogP contribution in [0.2, 0.25) is 0 Å². The second-order valence-electron chi connectivity index (χ2n) is 7.04. The lowest BCUT2D eigenvalue weighted by atomic mass is 9.99. The molecule has 0 rings (SSSR count). The summed E-state index contributed by atoms with van der Waals surface area (Å²) in [4.78, 5) is 32.1. The Bertz CT molecular complexity index is 389. The molecule has 0 bridgehead atoms. The predicted molar refractivity (Wildman–Crippen MR) is 92.5 cm³/mol. The maximum absolute atomic E-state index is 11.0. The van der Waals surface area contributed by atoms with Gasteiger partial charge in [-0.05, 0) is 32.1 Å². The van der Waals surface area contributed by atoms with Gasteiger partial charge in [0.2, 0.25) is 0 Å². The highest BCUT2D eigenvalue weighted by Gasteiger charge is 2.16. The minimum atomic E-state index is -0.695. The van der Waals surface area contributed by atoms with Gasteiger partial charge in [0.25, 0.3) is 0 Å². The van der Waals surface area contributed by atoms with Crippen molar-refractivity contribution in [2.24, 2.45) is 11.8 Å². The summed E-state index contributed by atoms with van der Waals surface area (Å²) >= 11 is 0. The molecule has 0 aromatic rings. The van der Waals surface area contributed by atoms with E-state index in [0.29, 0.717) is 0 Å². The van der Waals surface area contributed by atoms with Gasteiger partial charge in [0.15, 0.2) is 0 Å². The van der Waals surface area contributed by atoms with Crippen LogP contribution in [0.3, 0.4) is 0 Å². The summed E-state index contributed by atoms with van der Waals surface area (Å²) in [5, 5.41) is 27.9. The van der Waals surface area contributed by atoms with E-state index in [2.05, 4.69) is 0 Å². The van der Waals surface area contributed by atoms with Crippen LogP contribution in [0, 0.1) is 11.8 Å². The number of Topliss-reactive ketones (excluding diaryl/α,β-unsaturated/α-hetero) is 3. The smallest absolute Gasteiger partial charge is 0.142 e. The van der Waals surface area contributed by atoms with Gasteiger partial charge >= 0.3 is 0 Å². The molecule has 0 saturated heterocycles. The van der Waals surface area contributed by atoms with Crippen LogP contribution in [0.5, 0.6) is 0 Å². The fourth-order valence-corrected chi connectivity index (χ4v) is 1.78. The largest absolute Gasteiger partial charge is 0.393 e. The van der Waals surface area contributed by atoms with Crippen LogP contribution in [0.15, 0.2) is 0 Å². The van der Waals surface area contributed by atoms with Gasteiger partial charge in [-0.3, -0.25) is 14.4 Å². The first-order valence-electron chi connectivity index (χ1n) is 8.41. The van der Waals surface area contributed by atoms with Crippen molar-refractivity contribution >= 4 is 17.3 Å². The zero-order valence-corrected chi connectivity index (χ0v) is 15.8. The Balaban J connectivity index is 0. The molecule has 3 atom stereocenters. The topological polar surface area (TPSA) is 112 Å². The Kier molecular flexibility index (Phi) is 13.8. The highest BCUT2D eigenvalue weighted by atomic mass is 16.3. The molecular formula is C18H34O6. The highest BCUT2D eigenvalue weighted by Crippen LogP contribution is 2.10. The van der Waals surface area contributed by atoms with Crippen molar-refractivity contribution in [3.63, 3.8) is 0 Å². The summed E-state index contributed by atoms with van der Waals surface area (Å²) in [6, 6.07) is 0. The van der Waals surface area contributed by atoms with Crippen molar-refractivity contribution < 1.29 is 29.7 Å². The van der Waals surface area contributed by atoms with Crippen LogP contribution in [-0.4, -0.2) is 51.0 Å². The summed E-state index contributed by atoms with van der Waals surface area (Å²) in [5.41, 5.74) is 0. The van der Waals surface area contributed by atoms with E-state index in [9.17, 15) is 29.7 Å². The Morgan fingerprint density at radius 2 is 1.21 bits per heavy atom. The number of aliphatic hydroxyl groups is 3. The second kappa shape index (κ2) is 13.2. The van der Waals surface area contributed by atoms with E-state index < -0.39 is 18.3 Å². The molecule has 0 aromatic carbocycles. The Morgan fingerprint density at radius 3 is 1.54 bits per heavy atom. The molecule has 0 aliphatic carbocycles. The van der Waals surface area contributed by atoms with Gasteiger partial charge in [-0.15, -0.1) is 0 Å². The summed E-state index contributed by atoms with van der Waals surface area (Å²) in [6.45, 7) is 10.2. The number of carbonyl (C=O) groups is 3. The van der Waals surface area contributed by atoms with E-state index in [0.717, 1.165) is 0 Å². The van der Waals surface area contributed by atoms with Crippen molar-refractivity contribution in [1.29, 1.82) is 0 Å². The molecule has 0 amide bonds. The first-order chi connectivity index (χ1) is 10.9. The molecule has 0 aliphatic heterocycles. The van der Waals surface area contributed by atoms with Crippen molar-refractivity contribution in [3.05, 3.63) is 0 Å². The summed E-state index contributed by atoms with van der Waals surface area (Å²) in [6.07, 6.45) is -1.35. The average Bonchev–Trinajstić information content (AvgIpc) is 2.36. The van der Waals surface area contributed by atoms with Crippen LogP contribution >= 0.6 is 0 Å². The van der Waals surface area contributed by atoms with Crippen LogP contribution in [0.1, 0.15) is 67.2 Å². The number of hydrogen-bond acceptors (Lipinski definition) is 6. The molecule has 6 nitrogen and oxygen atoms in total. The third kappa shape index (κ3) is 15.8. The normalized spacial score (nSPS) is 14.6. The number of rotatable bonds is 10. The molecule has 142 valence electrons. The van der Waals surface area contributed by atoms with Crippen LogP contribution < -0.4 is 0 Å². The van der Waals surface area contributed by atoms with E-state index in [-0.39, 0.29) is 54.9 Å². The van der Waals surface area contributed by atoms with E-state index in [1.807, 2.05) is 27.7 Å². The predicted octanol–water partition coefficient (Wildman–Crippen LogP) is 1.67. The molecule has 0 aliphatic rings. The van der Waals surface area contributed by atoms with Gasteiger partial charge in [0, 0.05) is 12.8 Å². The molecule has 3 N–H and O–H groups in total. The van der Waals surface area contributed by atoms with Crippen molar-refractivity contribution in [1.82, 2.24) is 0 Å². The highest BCUT2D eigenvalue weighted by molar-refractivity contribution is 5.98. The van der Waals surface area contributed by atoms with E-state index >= 15 is 0 Å². The average molecular weight is 346 g/mol. The number of aliphatic hydroxyl groups excluding tert-OH is 3. The Morgan fingerprint density at radius 1 is 0.750 bits per heavy atom. The second-order valence-corrected chi connectivity index (χ2v) is 7.04. The third-order valence-electron chi connectivity index (χ3n) is 3.46. The van der Waals surface area contributed by atoms with Crippen molar-refractivity contribution in [2.75, 3.05) is 0 Å². The molecule has 1 unspecified atom stereocenters. The molecule has 0 radical (unpaired) electrons. The number of ketones is 3. The standard InChI is InChI=1S/C9H18O3.C9H16O3/c2*1-6(2)9(12)5-8(11)4-7(3)10/h6,8-9,11-12H,4-5H2,1-3H3;6,9,12H,4-5H2,1-3H3/t8?,9-;9-/m00/s1. The van der Waals surface area contributed by atoms with Crippen LogP contribution in [-0.2, 0) is 14.4 Å². The van der Waals surface area contributed by atoms with Gasteiger partial charge in [0.1, 0.15) is 17.3 Å².